The Balaban J connectivity index is 2.48. The molecule has 1 aromatic rings. The van der Waals surface area contributed by atoms with Crippen LogP contribution in [-0.4, -0.2) is 33.6 Å². The van der Waals surface area contributed by atoms with Gasteiger partial charge in [-0.05, 0) is 12.5 Å². The molecule has 1 unspecified atom stereocenters. The summed E-state index contributed by atoms with van der Waals surface area (Å²) in [6, 6.07) is 0. The molecule has 0 fully saturated rings. The van der Waals surface area contributed by atoms with Gasteiger partial charge in [0.1, 0.15) is 0 Å². The maximum atomic E-state index is 11.1. The molecular formula is C9H14N2O3. The van der Waals surface area contributed by atoms with Crippen molar-refractivity contribution in [3.8, 4) is 0 Å². The number of hydrogen-bond acceptors (Lipinski definition) is 4. The largest absolute Gasteiger partial charge is 0.464 e. The van der Waals surface area contributed by atoms with E-state index in [4.69, 9.17) is 0 Å². The lowest BCUT2D eigenvalue weighted by Crippen LogP contribution is -2.25. The van der Waals surface area contributed by atoms with Crippen LogP contribution in [0.2, 0.25) is 0 Å². The van der Waals surface area contributed by atoms with Gasteiger partial charge in [-0.1, -0.05) is 0 Å². The van der Waals surface area contributed by atoms with Gasteiger partial charge in [-0.25, -0.2) is 4.79 Å². The van der Waals surface area contributed by atoms with Crippen LogP contribution in [0.5, 0.6) is 0 Å². The molecule has 5 nitrogen and oxygen atoms in total. The van der Waals surface area contributed by atoms with Gasteiger partial charge in [0, 0.05) is 19.7 Å². The number of esters is 1. The molecule has 14 heavy (non-hydrogen) atoms. The minimum Gasteiger partial charge on any atom is -0.464 e. The smallest absolute Gasteiger partial charge is 0.335 e. The summed E-state index contributed by atoms with van der Waals surface area (Å²) in [4.78, 5) is 11.1. The number of carbonyl (C=O) groups excluding carboxylic acids is 1. The van der Waals surface area contributed by atoms with E-state index in [0.29, 0.717) is 0 Å². The van der Waals surface area contributed by atoms with Crippen molar-refractivity contribution in [1.29, 1.82) is 0 Å². The lowest BCUT2D eigenvalue weighted by molar-refractivity contribution is -0.152. The standard InChI is InChI=1S/C9H14N2O3/c1-3-14-9(13)8(12)4-7-5-10-11(2)6-7/h5-6,8,12H,3-4H2,1-2H3. The van der Waals surface area contributed by atoms with E-state index in [2.05, 4.69) is 9.84 Å². The molecule has 78 valence electrons. The van der Waals surface area contributed by atoms with Crippen molar-refractivity contribution >= 4 is 5.97 Å². The first-order valence-electron chi connectivity index (χ1n) is 4.45. The van der Waals surface area contributed by atoms with Gasteiger partial charge >= 0.3 is 5.97 Å². The summed E-state index contributed by atoms with van der Waals surface area (Å²) in [6.45, 7) is 1.98. The molecular weight excluding hydrogens is 184 g/mol. The van der Waals surface area contributed by atoms with Crippen LogP contribution in [0.25, 0.3) is 0 Å². The van der Waals surface area contributed by atoms with E-state index in [9.17, 15) is 9.90 Å². The van der Waals surface area contributed by atoms with Crippen molar-refractivity contribution in [1.82, 2.24) is 9.78 Å². The molecule has 0 amide bonds. The van der Waals surface area contributed by atoms with Crippen molar-refractivity contribution < 1.29 is 14.6 Å². The van der Waals surface area contributed by atoms with Gasteiger partial charge in [0.05, 0.1) is 12.8 Å². The lowest BCUT2D eigenvalue weighted by Gasteiger charge is -2.07. The zero-order valence-electron chi connectivity index (χ0n) is 8.30. The zero-order valence-corrected chi connectivity index (χ0v) is 8.30. The fourth-order valence-corrected chi connectivity index (χ4v) is 1.12. The van der Waals surface area contributed by atoms with Gasteiger partial charge in [0.15, 0.2) is 6.10 Å². The highest BCUT2D eigenvalue weighted by atomic mass is 16.5. The van der Waals surface area contributed by atoms with E-state index in [0.717, 1.165) is 5.56 Å². The third-order valence-electron chi connectivity index (χ3n) is 1.75. The van der Waals surface area contributed by atoms with Crippen LogP contribution in [0.1, 0.15) is 12.5 Å². The second kappa shape index (κ2) is 4.76. The van der Waals surface area contributed by atoms with Crippen molar-refractivity contribution in [2.24, 2.45) is 7.05 Å². The molecule has 0 saturated heterocycles. The first kappa shape index (κ1) is 10.7. The summed E-state index contributed by atoms with van der Waals surface area (Å²) in [5.41, 5.74) is 0.813. The Morgan fingerprint density at radius 2 is 2.50 bits per heavy atom. The van der Waals surface area contributed by atoms with E-state index >= 15 is 0 Å². The van der Waals surface area contributed by atoms with Crippen LogP contribution in [0.4, 0.5) is 0 Å². The SMILES string of the molecule is CCOC(=O)C(O)Cc1cnn(C)c1. The highest BCUT2D eigenvalue weighted by Gasteiger charge is 2.16. The number of aromatic nitrogens is 2. The first-order valence-corrected chi connectivity index (χ1v) is 4.45. The molecule has 0 aromatic carbocycles. The van der Waals surface area contributed by atoms with Crippen LogP contribution in [0.15, 0.2) is 12.4 Å². The Kier molecular flexibility index (Phi) is 3.64. The molecule has 0 aliphatic rings. The van der Waals surface area contributed by atoms with E-state index in [1.165, 1.54) is 0 Å². The highest BCUT2D eigenvalue weighted by molar-refractivity contribution is 5.74. The Labute approximate surface area is 82.3 Å². The summed E-state index contributed by atoms with van der Waals surface area (Å²) >= 11 is 0. The molecule has 1 heterocycles. The second-order valence-corrected chi connectivity index (χ2v) is 2.99. The molecule has 0 aliphatic heterocycles. The number of aliphatic hydroxyl groups excluding tert-OH is 1. The molecule has 0 saturated carbocycles. The Hall–Kier alpha value is -1.36. The number of ether oxygens (including phenoxy) is 1. The average Bonchev–Trinajstić information content (AvgIpc) is 2.51. The van der Waals surface area contributed by atoms with Crippen molar-refractivity contribution in [2.75, 3.05) is 6.61 Å². The molecule has 1 atom stereocenters. The molecule has 0 bridgehead atoms. The maximum Gasteiger partial charge on any atom is 0.335 e. The minimum atomic E-state index is -1.10. The van der Waals surface area contributed by atoms with E-state index in [1.807, 2.05) is 0 Å². The summed E-state index contributed by atoms with van der Waals surface area (Å²) in [6.07, 6.45) is 2.51. The van der Waals surface area contributed by atoms with Gasteiger partial charge in [-0.3, -0.25) is 4.68 Å². The second-order valence-electron chi connectivity index (χ2n) is 2.99. The van der Waals surface area contributed by atoms with Crippen LogP contribution < -0.4 is 0 Å². The van der Waals surface area contributed by atoms with Crippen molar-refractivity contribution in [3.05, 3.63) is 18.0 Å². The molecule has 1 aromatic heterocycles. The lowest BCUT2D eigenvalue weighted by atomic mass is 10.1. The molecule has 1 N–H and O–H groups in total. The molecule has 0 spiro atoms. The number of aryl methyl sites for hydroxylation is 1. The van der Waals surface area contributed by atoms with Crippen LogP contribution in [0, 0.1) is 0 Å². The fourth-order valence-electron chi connectivity index (χ4n) is 1.12. The summed E-state index contributed by atoms with van der Waals surface area (Å²) < 4.78 is 6.28. The van der Waals surface area contributed by atoms with E-state index < -0.39 is 12.1 Å². The van der Waals surface area contributed by atoms with Crippen molar-refractivity contribution in [3.63, 3.8) is 0 Å². The summed E-state index contributed by atoms with van der Waals surface area (Å²) in [5, 5.41) is 13.3. The van der Waals surface area contributed by atoms with E-state index in [1.54, 1.807) is 31.0 Å². The Morgan fingerprint density at radius 1 is 1.79 bits per heavy atom. The average molecular weight is 198 g/mol. The van der Waals surface area contributed by atoms with Crippen LogP contribution in [0.3, 0.4) is 0 Å². The van der Waals surface area contributed by atoms with Gasteiger partial charge in [-0.2, -0.15) is 5.10 Å². The van der Waals surface area contributed by atoms with Gasteiger partial charge in [0.2, 0.25) is 0 Å². The summed E-state index contributed by atoms with van der Waals surface area (Å²) in [5.74, 6) is -0.587. The molecule has 0 radical (unpaired) electrons. The number of nitrogens with zero attached hydrogens (tertiary/aromatic N) is 2. The zero-order chi connectivity index (χ0) is 10.6. The minimum absolute atomic E-state index is 0.243. The quantitative estimate of drug-likeness (QED) is 0.685. The predicted octanol–water partition coefficient (Wildman–Crippen LogP) is -0.113. The number of hydrogen-bond donors (Lipinski definition) is 1. The highest BCUT2D eigenvalue weighted by Crippen LogP contribution is 2.02. The topological polar surface area (TPSA) is 64.3 Å². The fraction of sp³-hybridized carbons (Fsp3) is 0.556. The van der Waals surface area contributed by atoms with Crippen molar-refractivity contribution in [2.45, 2.75) is 19.4 Å². The van der Waals surface area contributed by atoms with Gasteiger partial charge in [0.25, 0.3) is 0 Å². The molecule has 0 aliphatic carbocycles. The van der Waals surface area contributed by atoms with Crippen LogP contribution in [-0.2, 0) is 23.0 Å². The third kappa shape index (κ3) is 2.85. The number of rotatable bonds is 4. The first-order chi connectivity index (χ1) is 6.63. The molecule has 5 heteroatoms. The Bertz CT molecular complexity index is 309. The van der Waals surface area contributed by atoms with Gasteiger partial charge < -0.3 is 9.84 Å². The molecule has 1 rings (SSSR count). The number of carbonyl (C=O) groups is 1. The Morgan fingerprint density at radius 3 is 3.00 bits per heavy atom. The van der Waals surface area contributed by atoms with Gasteiger partial charge in [-0.15, -0.1) is 0 Å². The normalized spacial score (nSPS) is 12.5. The third-order valence-corrected chi connectivity index (χ3v) is 1.75. The van der Waals surface area contributed by atoms with E-state index in [-0.39, 0.29) is 13.0 Å². The number of aliphatic hydroxyl groups is 1. The maximum absolute atomic E-state index is 11.1. The predicted molar refractivity (Wildman–Crippen MR) is 49.6 cm³/mol. The van der Waals surface area contributed by atoms with Crippen LogP contribution >= 0.6 is 0 Å². The monoisotopic (exact) mass is 198 g/mol. The summed E-state index contributed by atoms with van der Waals surface area (Å²) in [7, 11) is 1.78.